The van der Waals surface area contributed by atoms with Crippen molar-refractivity contribution < 1.29 is 13.2 Å². The monoisotopic (exact) mass is 254 g/mol. The highest BCUT2D eigenvalue weighted by molar-refractivity contribution is 7.92. The lowest BCUT2D eigenvalue weighted by atomic mass is 10.4. The Hall–Kier alpha value is -2.09. The number of nitrogens with one attached hydrogen (secondary N) is 1. The summed E-state index contributed by atoms with van der Waals surface area (Å²) in [4.78, 5) is 15.1. The number of aromatic nitrogens is 2. The van der Waals surface area contributed by atoms with E-state index in [1.165, 1.54) is 4.40 Å². The first-order valence-corrected chi connectivity index (χ1v) is 6.52. The van der Waals surface area contributed by atoms with Crippen LogP contribution in [0.3, 0.4) is 0 Å². The van der Waals surface area contributed by atoms with E-state index < -0.39 is 15.9 Å². The zero-order valence-electron chi connectivity index (χ0n) is 8.91. The van der Waals surface area contributed by atoms with Gasteiger partial charge in [-0.2, -0.15) is 0 Å². The van der Waals surface area contributed by atoms with Crippen LogP contribution in [0, 0.1) is 0 Å². The molecular weight excluding hydrogens is 244 g/mol. The van der Waals surface area contributed by atoms with Crippen molar-refractivity contribution in [3.8, 4) is 0 Å². The number of pyridine rings is 1. The van der Waals surface area contributed by atoms with Crippen LogP contribution in [0.1, 0.15) is 10.5 Å². The number of hydrogen-bond donors (Lipinski definition) is 2. The fourth-order valence-electron chi connectivity index (χ4n) is 1.44. The van der Waals surface area contributed by atoms with E-state index >= 15 is 0 Å². The summed E-state index contributed by atoms with van der Waals surface area (Å²) in [6.45, 7) is 0. The molecule has 1 amide bonds. The van der Waals surface area contributed by atoms with E-state index in [0.717, 1.165) is 6.26 Å². The molecule has 2 aromatic heterocycles. The van der Waals surface area contributed by atoms with E-state index in [0.29, 0.717) is 5.65 Å². The van der Waals surface area contributed by atoms with Crippen molar-refractivity contribution in [2.24, 2.45) is 5.73 Å². The Balaban J connectivity index is 2.72. The summed E-state index contributed by atoms with van der Waals surface area (Å²) in [5.74, 6) is -0.740. The van der Waals surface area contributed by atoms with E-state index in [2.05, 4.69) is 9.71 Å². The molecule has 0 aliphatic carbocycles. The third kappa shape index (κ3) is 2.21. The smallest absolute Gasteiger partial charge is 0.271 e. The number of rotatable bonds is 3. The molecule has 0 aliphatic heterocycles. The first-order valence-electron chi connectivity index (χ1n) is 4.63. The Morgan fingerprint density at radius 1 is 1.47 bits per heavy atom. The summed E-state index contributed by atoms with van der Waals surface area (Å²) in [6, 6.07) is 5.05. The van der Waals surface area contributed by atoms with Crippen LogP contribution in [-0.2, 0) is 10.0 Å². The molecule has 17 heavy (non-hydrogen) atoms. The van der Waals surface area contributed by atoms with Gasteiger partial charge in [0.2, 0.25) is 10.0 Å². The number of nitrogens with zero attached hydrogens (tertiary/aromatic N) is 2. The van der Waals surface area contributed by atoms with Crippen molar-refractivity contribution in [1.82, 2.24) is 9.38 Å². The molecule has 0 unspecified atom stereocenters. The lowest BCUT2D eigenvalue weighted by Gasteiger charge is -2.04. The van der Waals surface area contributed by atoms with E-state index in [4.69, 9.17) is 5.73 Å². The highest BCUT2D eigenvalue weighted by atomic mass is 32.2. The van der Waals surface area contributed by atoms with Crippen LogP contribution in [0.2, 0.25) is 0 Å². The quantitative estimate of drug-likeness (QED) is 0.791. The summed E-state index contributed by atoms with van der Waals surface area (Å²) in [5, 5.41) is 0. The maximum atomic E-state index is 11.2. The van der Waals surface area contributed by atoms with Crippen LogP contribution in [-0.4, -0.2) is 30.0 Å². The second-order valence-electron chi connectivity index (χ2n) is 3.48. The van der Waals surface area contributed by atoms with E-state index in [9.17, 15) is 13.2 Å². The van der Waals surface area contributed by atoms with Gasteiger partial charge in [0.25, 0.3) is 5.91 Å². The summed E-state index contributed by atoms with van der Waals surface area (Å²) >= 11 is 0. The maximum absolute atomic E-state index is 11.2. The lowest BCUT2D eigenvalue weighted by molar-refractivity contribution is 0.0997. The van der Waals surface area contributed by atoms with Gasteiger partial charge < -0.3 is 5.73 Å². The number of hydrogen-bond acceptors (Lipinski definition) is 4. The van der Waals surface area contributed by atoms with Gasteiger partial charge in [0, 0.05) is 6.20 Å². The van der Waals surface area contributed by atoms with Crippen molar-refractivity contribution in [2.45, 2.75) is 0 Å². The molecule has 0 fully saturated rings. The number of sulfonamides is 1. The Kier molecular flexibility index (Phi) is 2.50. The molecule has 0 aromatic carbocycles. The summed E-state index contributed by atoms with van der Waals surface area (Å²) in [5.41, 5.74) is 5.48. The molecule has 8 heteroatoms. The van der Waals surface area contributed by atoms with Crippen LogP contribution >= 0.6 is 0 Å². The zero-order chi connectivity index (χ0) is 12.6. The molecule has 2 rings (SSSR count). The molecule has 0 aliphatic rings. The first kappa shape index (κ1) is 11.4. The molecule has 0 saturated carbocycles. The van der Waals surface area contributed by atoms with Crippen molar-refractivity contribution >= 4 is 27.4 Å². The van der Waals surface area contributed by atoms with Gasteiger partial charge in [0.1, 0.15) is 5.65 Å². The van der Waals surface area contributed by atoms with E-state index in [1.54, 1.807) is 24.4 Å². The Morgan fingerprint density at radius 3 is 2.76 bits per heavy atom. The fraction of sp³-hybridized carbons (Fsp3) is 0.111. The molecule has 2 aromatic rings. The van der Waals surface area contributed by atoms with Crippen LogP contribution in [0.15, 0.2) is 24.4 Å². The third-order valence-corrected chi connectivity index (χ3v) is 2.61. The van der Waals surface area contributed by atoms with Crippen LogP contribution in [0.5, 0.6) is 0 Å². The largest absolute Gasteiger partial charge is 0.364 e. The number of imidazole rings is 1. The van der Waals surface area contributed by atoms with Crippen molar-refractivity contribution in [1.29, 1.82) is 0 Å². The Morgan fingerprint density at radius 2 is 2.18 bits per heavy atom. The fourth-order valence-corrected chi connectivity index (χ4v) is 1.99. The molecule has 0 atom stereocenters. The van der Waals surface area contributed by atoms with E-state index in [1.807, 2.05) is 0 Å². The molecule has 0 radical (unpaired) electrons. The minimum Gasteiger partial charge on any atom is -0.364 e. The number of anilines is 1. The van der Waals surface area contributed by atoms with Gasteiger partial charge in [-0.15, -0.1) is 0 Å². The summed E-state index contributed by atoms with van der Waals surface area (Å²) in [6.07, 6.45) is 2.57. The molecular formula is C9H10N4O3S. The number of primary amides is 1. The second-order valence-corrected chi connectivity index (χ2v) is 5.22. The van der Waals surface area contributed by atoms with Gasteiger partial charge in [-0.3, -0.25) is 13.9 Å². The Labute approximate surface area is 97.3 Å². The minimum atomic E-state index is -3.51. The predicted octanol–water partition coefficient (Wildman–Crippen LogP) is -0.195. The molecule has 0 spiro atoms. The molecule has 0 saturated heterocycles. The van der Waals surface area contributed by atoms with Crippen LogP contribution in [0.4, 0.5) is 5.82 Å². The van der Waals surface area contributed by atoms with Gasteiger partial charge in [0.05, 0.1) is 6.26 Å². The van der Waals surface area contributed by atoms with Crippen molar-refractivity contribution in [3.05, 3.63) is 30.1 Å². The van der Waals surface area contributed by atoms with Gasteiger partial charge in [-0.1, -0.05) is 6.07 Å². The maximum Gasteiger partial charge on any atom is 0.271 e. The third-order valence-electron chi connectivity index (χ3n) is 2.05. The number of nitrogens with two attached hydrogens (primary N) is 1. The van der Waals surface area contributed by atoms with Gasteiger partial charge >= 0.3 is 0 Å². The van der Waals surface area contributed by atoms with Gasteiger partial charge in [0.15, 0.2) is 11.5 Å². The van der Waals surface area contributed by atoms with Crippen LogP contribution < -0.4 is 10.5 Å². The minimum absolute atomic E-state index is 0.0515. The number of amides is 1. The standard InChI is InChI=1S/C9H10N4O3S/c1-17(15,16)12-9-7(8(10)14)11-6-4-2-3-5-13(6)9/h2-5,12H,1H3,(H2,10,14). The highest BCUT2D eigenvalue weighted by Gasteiger charge is 2.18. The number of fused-ring (bicyclic) bond motifs is 1. The molecule has 2 heterocycles. The molecule has 3 N–H and O–H groups in total. The van der Waals surface area contributed by atoms with Crippen molar-refractivity contribution in [3.63, 3.8) is 0 Å². The van der Waals surface area contributed by atoms with Gasteiger partial charge in [-0.05, 0) is 12.1 Å². The summed E-state index contributed by atoms with van der Waals surface area (Å²) < 4.78 is 26.1. The molecule has 0 bridgehead atoms. The zero-order valence-corrected chi connectivity index (χ0v) is 9.73. The average molecular weight is 254 g/mol. The first-order chi connectivity index (χ1) is 7.88. The van der Waals surface area contributed by atoms with Crippen LogP contribution in [0.25, 0.3) is 5.65 Å². The highest BCUT2D eigenvalue weighted by Crippen LogP contribution is 2.18. The van der Waals surface area contributed by atoms with E-state index in [-0.39, 0.29) is 11.5 Å². The lowest BCUT2D eigenvalue weighted by Crippen LogP contribution is -2.18. The topological polar surface area (TPSA) is 107 Å². The number of carbonyl (C=O) groups excluding carboxylic acids is 1. The SMILES string of the molecule is CS(=O)(=O)Nc1c(C(N)=O)nc2ccccn12. The Bertz CT molecular complexity index is 689. The average Bonchev–Trinajstić information content (AvgIpc) is 2.55. The number of carbonyl (C=O) groups is 1. The second kappa shape index (κ2) is 3.74. The van der Waals surface area contributed by atoms with Crippen molar-refractivity contribution in [2.75, 3.05) is 11.0 Å². The normalized spacial score (nSPS) is 11.6. The summed E-state index contributed by atoms with van der Waals surface area (Å²) in [7, 11) is -3.51. The predicted molar refractivity (Wildman–Crippen MR) is 62.2 cm³/mol. The molecule has 7 nitrogen and oxygen atoms in total. The molecule has 90 valence electrons. The van der Waals surface area contributed by atoms with Gasteiger partial charge in [-0.25, -0.2) is 13.4 Å².